The second-order valence-electron chi connectivity index (χ2n) is 3.48. The van der Waals surface area contributed by atoms with Crippen LogP contribution in [0.25, 0.3) is 0 Å². The zero-order valence-electron chi connectivity index (χ0n) is 8.94. The van der Waals surface area contributed by atoms with Crippen molar-refractivity contribution in [2.24, 2.45) is 0 Å². The fourth-order valence-corrected chi connectivity index (χ4v) is 1.79. The maximum Gasteiger partial charge on any atom is 0.0597 e. The quantitative estimate of drug-likeness (QED) is 0.937. The van der Waals surface area contributed by atoms with Crippen molar-refractivity contribution in [3.05, 3.63) is 52.5 Å². The summed E-state index contributed by atoms with van der Waals surface area (Å²) in [5.41, 5.74) is 3.09. The first kappa shape index (κ1) is 11.1. The third-order valence-corrected chi connectivity index (χ3v) is 2.81. The topological polar surface area (TPSA) is 37.8 Å². The van der Waals surface area contributed by atoms with Gasteiger partial charge in [-0.25, -0.2) is 0 Å². The van der Waals surface area contributed by atoms with Crippen molar-refractivity contribution >= 4 is 21.6 Å². The van der Waals surface area contributed by atoms with Crippen LogP contribution in [0.3, 0.4) is 0 Å². The fourth-order valence-electron chi connectivity index (χ4n) is 1.40. The van der Waals surface area contributed by atoms with Crippen molar-refractivity contribution in [2.45, 2.75) is 13.5 Å². The molecule has 3 nitrogen and oxygen atoms in total. The smallest absolute Gasteiger partial charge is 0.0597 e. The predicted octanol–water partition coefficient (Wildman–Crippen LogP) is 3.16. The van der Waals surface area contributed by atoms with Gasteiger partial charge >= 0.3 is 0 Å². The molecule has 0 saturated carbocycles. The summed E-state index contributed by atoms with van der Waals surface area (Å²) < 4.78 is 0.961. The Bertz CT molecular complexity index is 485. The number of anilines is 1. The molecule has 4 heteroatoms. The van der Waals surface area contributed by atoms with Gasteiger partial charge in [-0.05, 0) is 41.1 Å². The minimum absolute atomic E-state index is 0.713. The van der Waals surface area contributed by atoms with E-state index in [4.69, 9.17) is 0 Å². The molecular formula is C12H12BrN3. The van der Waals surface area contributed by atoms with Crippen LogP contribution in [0.2, 0.25) is 0 Å². The van der Waals surface area contributed by atoms with E-state index in [0.717, 1.165) is 21.5 Å². The Balaban J connectivity index is 2.05. The van der Waals surface area contributed by atoms with Gasteiger partial charge < -0.3 is 5.32 Å². The van der Waals surface area contributed by atoms with Gasteiger partial charge in [0.15, 0.2) is 0 Å². The molecule has 0 aromatic carbocycles. The Morgan fingerprint density at radius 1 is 1.31 bits per heavy atom. The van der Waals surface area contributed by atoms with E-state index in [-0.39, 0.29) is 0 Å². The first-order valence-corrected chi connectivity index (χ1v) is 5.81. The highest BCUT2D eigenvalue weighted by atomic mass is 79.9. The van der Waals surface area contributed by atoms with Crippen molar-refractivity contribution in [1.29, 1.82) is 0 Å². The number of aryl methyl sites for hydroxylation is 1. The Hall–Kier alpha value is -1.42. The minimum Gasteiger partial charge on any atom is -0.378 e. The third-order valence-electron chi connectivity index (χ3n) is 2.18. The van der Waals surface area contributed by atoms with Gasteiger partial charge in [-0.3, -0.25) is 9.97 Å². The van der Waals surface area contributed by atoms with E-state index in [1.54, 1.807) is 12.4 Å². The maximum atomic E-state index is 4.42. The van der Waals surface area contributed by atoms with Gasteiger partial charge in [0, 0.05) is 18.1 Å². The van der Waals surface area contributed by atoms with E-state index in [1.165, 1.54) is 0 Å². The summed E-state index contributed by atoms with van der Waals surface area (Å²) in [5, 5.41) is 3.31. The number of nitrogens with zero attached hydrogens (tertiary/aromatic N) is 2. The fraction of sp³-hybridized carbons (Fsp3) is 0.167. The highest BCUT2D eigenvalue weighted by Gasteiger charge is 1.99. The lowest BCUT2D eigenvalue weighted by Crippen LogP contribution is -2.02. The molecule has 0 radical (unpaired) electrons. The zero-order valence-corrected chi connectivity index (χ0v) is 10.5. The van der Waals surface area contributed by atoms with Crippen molar-refractivity contribution in [3.63, 3.8) is 0 Å². The highest BCUT2D eigenvalue weighted by molar-refractivity contribution is 9.10. The molecule has 2 aromatic rings. The molecule has 2 rings (SSSR count). The molecule has 82 valence electrons. The van der Waals surface area contributed by atoms with E-state index >= 15 is 0 Å². The van der Waals surface area contributed by atoms with Crippen molar-refractivity contribution < 1.29 is 0 Å². The molecule has 0 atom stereocenters. The van der Waals surface area contributed by atoms with E-state index in [9.17, 15) is 0 Å². The number of hydrogen-bond acceptors (Lipinski definition) is 3. The van der Waals surface area contributed by atoms with Gasteiger partial charge in [-0.15, -0.1) is 0 Å². The van der Waals surface area contributed by atoms with Crippen LogP contribution in [0, 0.1) is 6.92 Å². The van der Waals surface area contributed by atoms with Crippen molar-refractivity contribution in [3.8, 4) is 0 Å². The lowest BCUT2D eigenvalue weighted by molar-refractivity contribution is 1.01. The Morgan fingerprint density at radius 2 is 2.19 bits per heavy atom. The van der Waals surface area contributed by atoms with Crippen LogP contribution in [-0.4, -0.2) is 9.97 Å². The number of pyridine rings is 2. The number of aromatic nitrogens is 2. The van der Waals surface area contributed by atoms with E-state index in [1.807, 2.05) is 31.2 Å². The second-order valence-corrected chi connectivity index (χ2v) is 4.33. The summed E-state index contributed by atoms with van der Waals surface area (Å²) in [4.78, 5) is 8.44. The lowest BCUT2D eigenvalue weighted by atomic mass is 10.3. The molecule has 2 aromatic heterocycles. The summed E-state index contributed by atoms with van der Waals surface area (Å²) in [5.74, 6) is 0. The molecule has 0 fully saturated rings. The van der Waals surface area contributed by atoms with Crippen LogP contribution in [0.4, 0.5) is 5.69 Å². The van der Waals surface area contributed by atoms with E-state index in [2.05, 4.69) is 31.2 Å². The minimum atomic E-state index is 0.713. The number of halogens is 1. The molecule has 0 unspecified atom stereocenters. The molecular weight excluding hydrogens is 266 g/mol. The monoisotopic (exact) mass is 277 g/mol. The van der Waals surface area contributed by atoms with Crippen molar-refractivity contribution in [2.75, 3.05) is 5.32 Å². The Morgan fingerprint density at radius 3 is 2.94 bits per heavy atom. The largest absolute Gasteiger partial charge is 0.378 e. The molecule has 0 spiro atoms. The SMILES string of the molecule is Cc1cccc(CNc2ccncc2Br)n1. The van der Waals surface area contributed by atoms with Crippen LogP contribution in [-0.2, 0) is 6.54 Å². The molecule has 0 amide bonds. The molecule has 0 bridgehead atoms. The summed E-state index contributed by atoms with van der Waals surface area (Å²) in [6.07, 6.45) is 3.53. The molecule has 0 aliphatic rings. The predicted molar refractivity (Wildman–Crippen MR) is 68.2 cm³/mol. The molecule has 2 heterocycles. The van der Waals surface area contributed by atoms with Crippen LogP contribution in [0.1, 0.15) is 11.4 Å². The van der Waals surface area contributed by atoms with Gasteiger partial charge in [0.25, 0.3) is 0 Å². The summed E-state index contributed by atoms with van der Waals surface area (Å²) in [6.45, 7) is 2.70. The van der Waals surface area contributed by atoms with E-state index < -0.39 is 0 Å². The summed E-state index contributed by atoms with van der Waals surface area (Å²) in [7, 11) is 0. The normalized spacial score (nSPS) is 10.1. The number of nitrogens with one attached hydrogen (secondary N) is 1. The molecule has 16 heavy (non-hydrogen) atoms. The zero-order chi connectivity index (χ0) is 11.4. The second kappa shape index (κ2) is 5.07. The average Bonchev–Trinajstić information content (AvgIpc) is 2.28. The first-order chi connectivity index (χ1) is 7.75. The molecule has 0 aliphatic carbocycles. The standard InChI is InChI=1S/C12H12BrN3/c1-9-3-2-4-10(16-9)7-15-12-5-6-14-8-11(12)13/h2-6,8H,7H2,1H3,(H,14,15). The Labute approximate surface area is 103 Å². The van der Waals surface area contributed by atoms with Gasteiger partial charge in [0.05, 0.1) is 22.4 Å². The van der Waals surface area contributed by atoms with Crippen LogP contribution >= 0.6 is 15.9 Å². The van der Waals surface area contributed by atoms with E-state index in [0.29, 0.717) is 6.54 Å². The molecule has 0 saturated heterocycles. The van der Waals surface area contributed by atoms with Crippen LogP contribution in [0.5, 0.6) is 0 Å². The Kier molecular flexibility index (Phi) is 3.51. The summed E-state index contributed by atoms with van der Waals surface area (Å²) >= 11 is 3.44. The van der Waals surface area contributed by atoms with Crippen LogP contribution < -0.4 is 5.32 Å². The highest BCUT2D eigenvalue weighted by Crippen LogP contribution is 2.20. The first-order valence-electron chi connectivity index (χ1n) is 5.01. The molecule has 0 aliphatic heterocycles. The lowest BCUT2D eigenvalue weighted by Gasteiger charge is -2.07. The van der Waals surface area contributed by atoms with Crippen LogP contribution in [0.15, 0.2) is 41.1 Å². The average molecular weight is 278 g/mol. The van der Waals surface area contributed by atoms with Gasteiger partial charge in [-0.1, -0.05) is 6.07 Å². The van der Waals surface area contributed by atoms with Gasteiger partial charge in [-0.2, -0.15) is 0 Å². The number of hydrogen-bond donors (Lipinski definition) is 1. The molecule has 1 N–H and O–H groups in total. The summed E-state index contributed by atoms with van der Waals surface area (Å²) in [6, 6.07) is 7.95. The number of rotatable bonds is 3. The third kappa shape index (κ3) is 2.79. The maximum absolute atomic E-state index is 4.42. The van der Waals surface area contributed by atoms with Gasteiger partial charge in [0.1, 0.15) is 0 Å². The van der Waals surface area contributed by atoms with Gasteiger partial charge in [0.2, 0.25) is 0 Å². The van der Waals surface area contributed by atoms with Crippen molar-refractivity contribution in [1.82, 2.24) is 9.97 Å².